The van der Waals surface area contributed by atoms with Crippen molar-refractivity contribution in [2.75, 3.05) is 50.3 Å². The molecule has 0 aliphatic carbocycles. The minimum Gasteiger partial charge on any atom is -0.489 e. The Labute approximate surface area is 717 Å². The first-order valence-corrected chi connectivity index (χ1v) is 50.9. The van der Waals surface area contributed by atoms with E-state index in [1.54, 1.807) is 0 Å². The first-order chi connectivity index (χ1) is 57.5. The van der Waals surface area contributed by atoms with Crippen LogP contribution in [0.1, 0.15) is 504 Å². The fourth-order valence-corrected chi connectivity index (χ4v) is 16.2. The van der Waals surface area contributed by atoms with Gasteiger partial charge in [-0.15, -0.1) is 0 Å². The highest BCUT2D eigenvalue weighted by molar-refractivity contribution is 5.70. The Kier molecular flexibility index (Phi) is 70.1. The Morgan fingerprint density at radius 1 is 0.216 bits per heavy atom. The van der Waals surface area contributed by atoms with Crippen molar-refractivity contribution >= 4 is 23.3 Å². The van der Waals surface area contributed by atoms with Gasteiger partial charge in [0.05, 0.1) is 39.6 Å². The fourth-order valence-electron chi connectivity index (χ4n) is 16.2. The summed E-state index contributed by atoms with van der Waals surface area (Å²) in [7, 11) is 0. The van der Waals surface area contributed by atoms with Gasteiger partial charge in [-0.05, 0) is 44.6 Å². The van der Waals surface area contributed by atoms with Crippen LogP contribution in [0.2, 0.25) is 0 Å². The van der Waals surface area contributed by atoms with Gasteiger partial charge in [-0.3, -0.25) is 0 Å². The number of hydrogen-bond acceptors (Lipinski definition) is 11. The number of nitrogens with zero attached hydrogens (tertiary/aromatic N) is 3. The normalized spacial score (nSPS) is 11.5. The summed E-state index contributed by atoms with van der Waals surface area (Å²) in [5.41, 5.74) is 2.38. The van der Waals surface area contributed by atoms with E-state index in [-0.39, 0.29) is 0 Å². The fraction of sp³-hybridized carbons (Fsp3) is 0.800. The Morgan fingerprint density at radius 2 is 0.388 bits per heavy atom. The van der Waals surface area contributed by atoms with Crippen LogP contribution in [0.25, 0.3) is 11.4 Å². The number of aromatic nitrogens is 3. The molecule has 1 aromatic heterocycles. The molecule has 0 fully saturated rings. The second-order valence-corrected chi connectivity index (χ2v) is 34.9. The summed E-state index contributed by atoms with van der Waals surface area (Å²) in [6.45, 7) is 17.4. The number of ether oxygens (including phenoxy) is 6. The number of hydrogen-bond donors (Lipinski definition) is 2. The highest BCUT2D eigenvalue weighted by Gasteiger charge is 2.21. The number of unbranched alkanes of at least 4 members (excludes halogenated alkanes) is 66. The lowest BCUT2D eigenvalue weighted by Gasteiger charge is -2.20. The molecule has 0 bridgehead atoms. The third-order valence-electron chi connectivity index (χ3n) is 23.7. The molecule has 0 amide bonds. The molecule has 1 radical (unpaired) electrons. The zero-order valence-electron chi connectivity index (χ0n) is 77.1. The van der Waals surface area contributed by atoms with E-state index in [0.29, 0.717) is 91.9 Å². The van der Waals surface area contributed by atoms with Crippen LogP contribution in [-0.4, -0.2) is 54.6 Å². The van der Waals surface area contributed by atoms with Crippen molar-refractivity contribution < 1.29 is 28.4 Å². The van der Waals surface area contributed by atoms with Crippen LogP contribution >= 0.6 is 0 Å². The molecule has 0 unspecified atom stereocenters. The Bertz CT molecular complexity index is 2500. The van der Waals surface area contributed by atoms with Gasteiger partial charge in [0, 0.05) is 41.2 Å². The zero-order valence-corrected chi connectivity index (χ0v) is 77.1. The summed E-state index contributed by atoms with van der Waals surface area (Å²) >= 11 is 0. The van der Waals surface area contributed by atoms with Gasteiger partial charge >= 0.3 is 0 Å². The molecule has 0 saturated carbocycles. The van der Waals surface area contributed by atoms with Gasteiger partial charge in [-0.1, -0.05) is 490 Å². The summed E-state index contributed by atoms with van der Waals surface area (Å²) < 4.78 is 41.6. The van der Waals surface area contributed by atoms with Gasteiger partial charge in [0.1, 0.15) is 0 Å². The average Bonchev–Trinajstić information content (AvgIpc) is 0.824. The van der Waals surface area contributed by atoms with Crippen molar-refractivity contribution in [1.29, 1.82) is 0 Å². The van der Waals surface area contributed by atoms with Crippen molar-refractivity contribution in [3.05, 3.63) is 54.6 Å². The highest BCUT2D eigenvalue weighted by atomic mass is 16.5. The van der Waals surface area contributed by atoms with Crippen molar-refractivity contribution in [3.8, 4) is 45.9 Å². The van der Waals surface area contributed by atoms with E-state index >= 15 is 0 Å². The molecule has 11 heteroatoms. The highest BCUT2D eigenvalue weighted by Crippen LogP contribution is 2.44. The van der Waals surface area contributed by atoms with Gasteiger partial charge < -0.3 is 39.1 Å². The summed E-state index contributed by atoms with van der Waals surface area (Å²) in [6.07, 6.45) is 93.2. The van der Waals surface area contributed by atoms with Crippen molar-refractivity contribution in [2.45, 2.75) is 504 Å². The average molecular weight is 1610 g/mol. The van der Waals surface area contributed by atoms with E-state index in [1.165, 1.54) is 385 Å². The standard InChI is InChI=1S/C105H184N5O6/c1-7-13-19-25-31-37-43-49-55-61-67-76-84-111-97-90-95(91-98(112-85-77-68-62-56-50-44-38-32-26-20-14-8-2)101(97)115-88-80-71-65-59-53-47-41-35-29-23-17-11-5)106-104-108-103(94-82-74-73-75-83-94)109-105(110-104)107-96-92-99(113-86-78-69-63-57-51-45-39-33-27-21-15-9-3)102(116-89-81-72-66-60-54-48-42-36-30-24-18-12-6)100(93-96)114-87-79-70-64-58-52-46-40-34-28-22-16-10-4/h74-75,82-83,90-93H,7-72,76-81,84-89H2,1-6H3,(H2,106,107,108,109,110). The molecule has 0 aliphatic heterocycles. The smallest absolute Gasteiger partial charge is 0.232 e. The van der Waals surface area contributed by atoms with Crippen LogP contribution in [0, 0.1) is 6.07 Å². The second-order valence-electron chi connectivity index (χ2n) is 34.9. The number of anilines is 4. The van der Waals surface area contributed by atoms with E-state index in [9.17, 15) is 0 Å². The van der Waals surface area contributed by atoms with Crippen LogP contribution in [0.3, 0.4) is 0 Å². The van der Waals surface area contributed by atoms with Crippen molar-refractivity contribution in [2.24, 2.45) is 0 Å². The number of benzene rings is 3. The minimum absolute atomic E-state index is 0.392. The lowest BCUT2D eigenvalue weighted by Crippen LogP contribution is -2.09. The minimum atomic E-state index is 0.392. The predicted octanol–water partition coefficient (Wildman–Crippen LogP) is 35.3. The molecule has 0 saturated heterocycles. The summed E-state index contributed by atoms with van der Waals surface area (Å²) in [6, 6.07) is 19.4. The summed E-state index contributed by atoms with van der Waals surface area (Å²) in [5, 5.41) is 7.39. The monoisotopic (exact) mass is 1610 g/mol. The quantitative estimate of drug-likeness (QED) is 0.0412. The molecule has 4 rings (SSSR count). The van der Waals surface area contributed by atoms with Gasteiger partial charge in [0.2, 0.25) is 23.4 Å². The molecular weight excluding hydrogens is 1430 g/mol. The molecule has 11 nitrogen and oxygen atoms in total. The number of nitrogens with one attached hydrogen (secondary N) is 2. The lowest BCUT2D eigenvalue weighted by atomic mass is 10.1. The third kappa shape index (κ3) is 57.3. The lowest BCUT2D eigenvalue weighted by molar-refractivity contribution is 0.234. The molecule has 4 aromatic rings. The number of rotatable bonds is 89. The van der Waals surface area contributed by atoms with Crippen molar-refractivity contribution in [1.82, 2.24) is 15.0 Å². The van der Waals surface area contributed by atoms with Crippen LogP contribution in [0.15, 0.2) is 48.5 Å². The molecule has 0 atom stereocenters. The molecule has 116 heavy (non-hydrogen) atoms. The van der Waals surface area contributed by atoms with Gasteiger partial charge in [-0.2, -0.15) is 15.0 Å². The largest absolute Gasteiger partial charge is 0.489 e. The summed E-state index contributed by atoms with van der Waals surface area (Å²) in [5.74, 6) is 5.50. The molecule has 0 spiro atoms. The maximum absolute atomic E-state index is 6.94. The molecule has 3 aromatic carbocycles. The zero-order chi connectivity index (χ0) is 82.2. The maximum Gasteiger partial charge on any atom is 0.232 e. The first-order valence-electron chi connectivity index (χ1n) is 50.9. The molecule has 1 heterocycles. The third-order valence-corrected chi connectivity index (χ3v) is 23.7. The van der Waals surface area contributed by atoms with E-state index in [2.05, 4.69) is 82.5 Å². The van der Waals surface area contributed by atoms with Gasteiger partial charge in [-0.25, -0.2) is 0 Å². The molecule has 665 valence electrons. The van der Waals surface area contributed by atoms with E-state index in [1.807, 2.05) is 24.3 Å². The molecular formula is C105H184N5O6. The Balaban J connectivity index is 1.69. The van der Waals surface area contributed by atoms with Crippen LogP contribution < -0.4 is 39.1 Å². The molecule has 2 N–H and O–H groups in total. The van der Waals surface area contributed by atoms with E-state index < -0.39 is 0 Å². The topological polar surface area (TPSA) is 118 Å². The van der Waals surface area contributed by atoms with E-state index in [0.717, 1.165) is 94.0 Å². The predicted molar refractivity (Wildman–Crippen MR) is 503 cm³/mol. The van der Waals surface area contributed by atoms with Gasteiger partial charge in [0.15, 0.2) is 28.8 Å². The van der Waals surface area contributed by atoms with Crippen LogP contribution in [0.4, 0.5) is 23.3 Å². The molecule has 0 aliphatic rings. The maximum atomic E-state index is 6.94. The SMILES string of the molecule is CCCCCCCCCCCCCCOc1cc(Nc2nc(Nc3cc(OCCCCCCCCCCCCCC)c(OCCCCCCCCCCCCCC)c(OCCCCCCCCCCCCCC)c3)nc(-c3cc[c]cc3)n2)cc(OCCCCCCCCCCCCCC)c1OCCCCCCCCCCCCCC. The second kappa shape index (κ2) is 78.6. The summed E-state index contributed by atoms with van der Waals surface area (Å²) in [4.78, 5) is 15.6. The van der Waals surface area contributed by atoms with Crippen LogP contribution in [-0.2, 0) is 0 Å². The first kappa shape index (κ1) is 103. The Morgan fingerprint density at radius 3 is 0.578 bits per heavy atom. The van der Waals surface area contributed by atoms with Gasteiger partial charge in [0.25, 0.3) is 0 Å². The van der Waals surface area contributed by atoms with Crippen LogP contribution in [0.5, 0.6) is 34.5 Å². The van der Waals surface area contributed by atoms with E-state index in [4.69, 9.17) is 43.4 Å². The Hall–Kier alpha value is -4.93. The van der Waals surface area contributed by atoms with Crippen molar-refractivity contribution in [3.63, 3.8) is 0 Å².